The molecular formula is C21H18ClN5OS. The number of carbonyl (C=O) groups is 1. The predicted molar refractivity (Wildman–Crippen MR) is 113 cm³/mol. The summed E-state index contributed by atoms with van der Waals surface area (Å²) in [5.41, 5.74) is 3.70. The highest BCUT2D eigenvalue weighted by molar-refractivity contribution is 7.98. The van der Waals surface area contributed by atoms with Crippen LogP contribution < -0.4 is 5.32 Å². The van der Waals surface area contributed by atoms with Gasteiger partial charge in [0.25, 0.3) is 0 Å². The van der Waals surface area contributed by atoms with E-state index >= 15 is 0 Å². The quantitative estimate of drug-likeness (QED) is 0.616. The van der Waals surface area contributed by atoms with Gasteiger partial charge in [-0.1, -0.05) is 41.6 Å². The molecule has 0 spiro atoms. The number of rotatable bonds is 4. The normalized spacial score (nSPS) is 18.2. The average Bonchev–Trinajstić information content (AvgIpc) is 3.15. The summed E-state index contributed by atoms with van der Waals surface area (Å²) < 4.78 is 1.83. The van der Waals surface area contributed by atoms with Gasteiger partial charge in [-0.25, -0.2) is 4.68 Å². The molecule has 0 radical (unpaired) electrons. The molecule has 0 fully saturated rings. The number of hydrogen-bond acceptors (Lipinski definition) is 6. The number of halogens is 1. The Kier molecular flexibility index (Phi) is 4.85. The molecule has 5 rings (SSSR count). The molecule has 29 heavy (non-hydrogen) atoms. The van der Waals surface area contributed by atoms with Crippen molar-refractivity contribution < 1.29 is 4.79 Å². The zero-order chi connectivity index (χ0) is 19.8. The minimum Gasteiger partial charge on any atom is -0.328 e. The summed E-state index contributed by atoms with van der Waals surface area (Å²) in [6.45, 7) is 0. The van der Waals surface area contributed by atoms with Crippen molar-refractivity contribution in [2.45, 2.75) is 36.2 Å². The number of nitrogens with zero attached hydrogens (tertiary/aromatic N) is 4. The summed E-state index contributed by atoms with van der Waals surface area (Å²) in [6.07, 6.45) is 4.04. The molecule has 2 aromatic heterocycles. The van der Waals surface area contributed by atoms with E-state index in [4.69, 9.17) is 16.7 Å². The molecule has 1 atom stereocenters. The van der Waals surface area contributed by atoms with Crippen molar-refractivity contribution in [3.63, 3.8) is 0 Å². The van der Waals surface area contributed by atoms with Crippen LogP contribution in [0.3, 0.4) is 0 Å². The van der Waals surface area contributed by atoms with Crippen molar-refractivity contribution >= 4 is 35.1 Å². The van der Waals surface area contributed by atoms with Crippen LogP contribution in [0.1, 0.15) is 36.6 Å². The SMILES string of the molecule is O=C1CCCC2=C1[C@@H](c1ccc(Cl)cc1)n1nc(SCc3ccccn3)nc1N2. The van der Waals surface area contributed by atoms with Crippen LogP contribution in [0.5, 0.6) is 0 Å². The van der Waals surface area contributed by atoms with Crippen LogP contribution in [0.15, 0.2) is 65.1 Å². The summed E-state index contributed by atoms with van der Waals surface area (Å²) in [5, 5.41) is 9.40. The van der Waals surface area contributed by atoms with Gasteiger partial charge < -0.3 is 5.32 Å². The molecule has 1 aromatic carbocycles. The number of anilines is 1. The van der Waals surface area contributed by atoms with Gasteiger partial charge in [0.05, 0.1) is 5.69 Å². The van der Waals surface area contributed by atoms with E-state index in [9.17, 15) is 4.79 Å². The number of nitrogens with one attached hydrogen (secondary N) is 1. The first-order valence-corrected chi connectivity index (χ1v) is 10.8. The van der Waals surface area contributed by atoms with Gasteiger partial charge in [0.2, 0.25) is 11.1 Å². The van der Waals surface area contributed by atoms with Crippen molar-refractivity contribution in [2.75, 3.05) is 5.32 Å². The molecule has 1 aliphatic carbocycles. The molecule has 1 aliphatic heterocycles. The first kappa shape index (κ1) is 18.4. The van der Waals surface area contributed by atoms with Gasteiger partial charge in [-0.15, -0.1) is 5.10 Å². The second-order valence-corrected chi connectivity index (χ2v) is 8.40. The number of ketones is 1. The van der Waals surface area contributed by atoms with E-state index in [0.717, 1.165) is 35.4 Å². The molecule has 0 saturated carbocycles. The number of thioether (sulfide) groups is 1. The zero-order valence-corrected chi connectivity index (χ0v) is 17.1. The Morgan fingerprint density at radius 2 is 2.03 bits per heavy atom. The Morgan fingerprint density at radius 3 is 2.83 bits per heavy atom. The van der Waals surface area contributed by atoms with Gasteiger partial charge in [-0.3, -0.25) is 9.78 Å². The first-order chi connectivity index (χ1) is 14.2. The maximum absolute atomic E-state index is 12.8. The summed E-state index contributed by atoms with van der Waals surface area (Å²) in [6, 6.07) is 13.2. The number of fused-ring (bicyclic) bond motifs is 1. The molecule has 8 heteroatoms. The monoisotopic (exact) mass is 423 g/mol. The molecule has 146 valence electrons. The Bertz CT molecular complexity index is 1090. The van der Waals surface area contributed by atoms with E-state index in [1.807, 2.05) is 47.1 Å². The Balaban J connectivity index is 1.52. The third kappa shape index (κ3) is 3.56. The van der Waals surface area contributed by atoms with Gasteiger partial charge in [-0.2, -0.15) is 4.98 Å². The molecule has 3 aromatic rings. The largest absolute Gasteiger partial charge is 0.328 e. The maximum atomic E-state index is 12.8. The Morgan fingerprint density at radius 1 is 1.17 bits per heavy atom. The number of hydrogen-bond donors (Lipinski definition) is 1. The van der Waals surface area contributed by atoms with Crippen LogP contribution in [-0.4, -0.2) is 25.5 Å². The molecule has 0 bridgehead atoms. The number of pyridine rings is 1. The lowest BCUT2D eigenvalue weighted by Gasteiger charge is -2.32. The van der Waals surface area contributed by atoms with Gasteiger partial charge in [0.1, 0.15) is 6.04 Å². The van der Waals surface area contributed by atoms with Crippen LogP contribution in [-0.2, 0) is 10.5 Å². The zero-order valence-electron chi connectivity index (χ0n) is 15.5. The fraction of sp³-hybridized carbons (Fsp3) is 0.238. The fourth-order valence-electron chi connectivity index (χ4n) is 3.77. The molecule has 6 nitrogen and oxygen atoms in total. The third-order valence-corrected chi connectivity index (χ3v) is 6.23. The van der Waals surface area contributed by atoms with E-state index in [2.05, 4.69) is 15.3 Å². The predicted octanol–water partition coefficient (Wildman–Crippen LogP) is 4.64. The van der Waals surface area contributed by atoms with E-state index in [0.29, 0.717) is 28.3 Å². The summed E-state index contributed by atoms with van der Waals surface area (Å²) in [5.74, 6) is 1.52. The van der Waals surface area contributed by atoms with Crippen molar-refractivity contribution in [1.29, 1.82) is 0 Å². The number of Topliss-reactive ketones (excluding diaryl/α,β-unsaturated/α-hetero) is 1. The van der Waals surface area contributed by atoms with Crippen LogP contribution in [0.4, 0.5) is 5.95 Å². The first-order valence-electron chi connectivity index (χ1n) is 9.47. The summed E-state index contributed by atoms with van der Waals surface area (Å²) in [7, 11) is 0. The molecule has 3 heterocycles. The van der Waals surface area contributed by atoms with Crippen molar-refractivity contribution in [2.24, 2.45) is 0 Å². The lowest BCUT2D eigenvalue weighted by molar-refractivity contribution is -0.116. The number of aromatic nitrogens is 4. The molecule has 0 unspecified atom stereocenters. The second-order valence-electron chi connectivity index (χ2n) is 7.02. The Hall–Kier alpha value is -2.64. The van der Waals surface area contributed by atoms with Crippen molar-refractivity contribution in [3.8, 4) is 0 Å². The standard InChI is InChI=1S/C21H18ClN5OS/c22-14-9-7-13(8-10-14)19-18-16(5-3-6-17(18)28)24-20-25-21(26-27(19)20)29-12-15-4-1-2-11-23-15/h1-2,4,7-11,19H,3,5-6,12H2,(H,24,25,26)/t19-/m1/s1. The number of allylic oxidation sites excluding steroid dienone is 2. The minimum absolute atomic E-state index is 0.169. The minimum atomic E-state index is -0.289. The molecule has 0 saturated heterocycles. The highest BCUT2D eigenvalue weighted by Gasteiger charge is 2.36. The highest BCUT2D eigenvalue weighted by atomic mass is 35.5. The smallest absolute Gasteiger partial charge is 0.227 e. The molecular weight excluding hydrogens is 406 g/mol. The van der Waals surface area contributed by atoms with E-state index in [1.165, 1.54) is 11.8 Å². The van der Waals surface area contributed by atoms with Crippen LogP contribution in [0.25, 0.3) is 0 Å². The molecule has 2 aliphatic rings. The molecule has 0 amide bonds. The summed E-state index contributed by atoms with van der Waals surface area (Å²) >= 11 is 7.62. The van der Waals surface area contributed by atoms with E-state index in [1.54, 1.807) is 6.20 Å². The summed E-state index contributed by atoms with van der Waals surface area (Å²) in [4.78, 5) is 21.8. The lowest BCUT2D eigenvalue weighted by atomic mass is 9.85. The number of carbonyl (C=O) groups excluding carboxylic acids is 1. The van der Waals surface area contributed by atoms with E-state index < -0.39 is 0 Å². The lowest BCUT2D eigenvalue weighted by Crippen LogP contribution is -2.31. The van der Waals surface area contributed by atoms with Gasteiger partial charge in [0, 0.05) is 34.7 Å². The van der Waals surface area contributed by atoms with Crippen LogP contribution >= 0.6 is 23.4 Å². The average molecular weight is 424 g/mol. The van der Waals surface area contributed by atoms with Gasteiger partial charge >= 0.3 is 0 Å². The molecule has 1 N–H and O–H groups in total. The number of benzene rings is 1. The van der Waals surface area contributed by atoms with Crippen LogP contribution in [0.2, 0.25) is 5.02 Å². The Labute approximate surface area is 177 Å². The van der Waals surface area contributed by atoms with Crippen molar-refractivity contribution in [3.05, 3.63) is 76.2 Å². The van der Waals surface area contributed by atoms with Gasteiger partial charge in [0.15, 0.2) is 5.78 Å². The fourth-order valence-corrected chi connectivity index (χ4v) is 4.64. The second kappa shape index (κ2) is 7.65. The van der Waals surface area contributed by atoms with E-state index in [-0.39, 0.29) is 11.8 Å². The van der Waals surface area contributed by atoms with Crippen molar-refractivity contribution in [1.82, 2.24) is 19.7 Å². The third-order valence-electron chi connectivity index (χ3n) is 5.11. The topological polar surface area (TPSA) is 72.7 Å². The van der Waals surface area contributed by atoms with Gasteiger partial charge in [-0.05, 0) is 42.7 Å². The highest BCUT2D eigenvalue weighted by Crippen LogP contribution is 2.40. The van der Waals surface area contributed by atoms with Crippen LogP contribution in [0, 0.1) is 0 Å². The maximum Gasteiger partial charge on any atom is 0.227 e.